The van der Waals surface area contributed by atoms with E-state index in [1.165, 1.54) is 12.1 Å². The number of hydrogen-bond donors (Lipinski definition) is 2. The second kappa shape index (κ2) is 5.09. The molecule has 0 radical (unpaired) electrons. The van der Waals surface area contributed by atoms with Gasteiger partial charge in [0.15, 0.2) is 0 Å². The van der Waals surface area contributed by atoms with Gasteiger partial charge < -0.3 is 10.8 Å². The van der Waals surface area contributed by atoms with Crippen LogP contribution in [0, 0.1) is 0 Å². The lowest BCUT2D eigenvalue weighted by atomic mass is 10.2. The van der Waals surface area contributed by atoms with Crippen molar-refractivity contribution in [1.82, 2.24) is 0 Å². The van der Waals surface area contributed by atoms with Crippen LogP contribution in [0.1, 0.15) is 10.4 Å². The van der Waals surface area contributed by atoms with Crippen LogP contribution in [0.4, 0.5) is 17.1 Å². The van der Waals surface area contributed by atoms with Gasteiger partial charge in [0.05, 0.1) is 16.9 Å². The van der Waals surface area contributed by atoms with E-state index >= 15 is 0 Å². The van der Waals surface area contributed by atoms with Crippen molar-refractivity contribution in [2.45, 2.75) is 0 Å². The first kappa shape index (κ1) is 11.8. The highest BCUT2D eigenvalue weighted by Gasteiger charge is 2.02. The predicted octanol–water partition coefficient (Wildman–Crippen LogP) is 3.38. The first-order valence-corrected chi connectivity index (χ1v) is 5.26. The van der Waals surface area contributed by atoms with Crippen LogP contribution in [-0.2, 0) is 0 Å². The van der Waals surface area contributed by atoms with Crippen molar-refractivity contribution in [3.8, 4) is 0 Å². The van der Waals surface area contributed by atoms with Gasteiger partial charge in [0, 0.05) is 5.69 Å². The van der Waals surface area contributed by atoms with Crippen molar-refractivity contribution in [2.75, 3.05) is 5.73 Å². The summed E-state index contributed by atoms with van der Waals surface area (Å²) in [7, 11) is 0. The van der Waals surface area contributed by atoms with Gasteiger partial charge in [-0.05, 0) is 42.5 Å². The van der Waals surface area contributed by atoms with Crippen LogP contribution >= 0.6 is 0 Å². The molecule has 0 fully saturated rings. The van der Waals surface area contributed by atoms with Crippen molar-refractivity contribution in [2.24, 2.45) is 10.2 Å². The molecule has 0 aliphatic heterocycles. The summed E-state index contributed by atoms with van der Waals surface area (Å²) in [4.78, 5) is 10.8. The number of azo groups is 1. The van der Waals surface area contributed by atoms with Gasteiger partial charge in [-0.15, -0.1) is 0 Å². The topological polar surface area (TPSA) is 88.0 Å². The second-order valence-electron chi connectivity index (χ2n) is 3.65. The second-order valence-corrected chi connectivity index (χ2v) is 3.65. The Labute approximate surface area is 104 Å². The fraction of sp³-hybridized carbons (Fsp3) is 0. The zero-order valence-electron chi connectivity index (χ0n) is 9.45. The maximum atomic E-state index is 10.8. The number of carboxylic acids is 1. The average molecular weight is 241 g/mol. The minimum absolute atomic E-state index is 0.184. The Bertz CT molecular complexity index is 591. The van der Waals surface area contributed by atoms with Gasteiger partial charge in [0.2, 0.25) is 0 Å². The van der Waals surface area contributed by atoms with E-state index in [1.54, 1.807) is 36.4 Å². The molecule has 0 amide bonds. The Morgan fingerprint density at radius 2 is 1.67 bits per heavy atom. The van der Waals surface area contributed by atoms with Gasteiger partial charge in [-0.2, -0.15) is 10.2 Å². The molecule has 0 aliphatic carbocycles. The molecule has 5 heteroatoms. The van der Waals surface area contributed by atoms with Crippen molar-refractivity contribution in [1.29, 1.82) is 0 Å². The zero-order valence-corrected chi connectivity index (χ0v) is 9.45. The molecule has 0 heterocycles. The molecule has 0 aliphatic rings. The molecule has 0 unspecified atom stereocenters. The van der Waals surface area contributed by atoms with E-state index in [9.17, 15) is 4.79 Å². The summed E-state index contributed by atoms with van der Waals surface area (Å²) in [5.74, 6) is -0.987. The molecule has 0 aromatic heterocycles. The van der Waals surface area contributed by atoms with Gasteiger partial charge in [-0.3, -0.25) is 0 Å². The molecule has 5 nitrogen and oxygen atoms in total. The summed E-state index contributed by atoms with van der Waals surface area (Å²) in [5, 5.41) is 16.8. The number of carboxylic acid groups (broad SMARTS) is 1. The summed E-state index contributed by atoms with van der Waals surface area (Å²) < 4.78 is 0. The van der Waals surface area contributed by atoms with E-state index in [0.29, 0.717) is 17.1 Å². The minimum atomic E-state index is -0.987. The van der Waals surface area contributed by atoms with E-state index in [2.05, 4.69) is 10.2 Å². The highest BCUT2D eigenvalue weighted by Crippen LogP contribution is 2.20. The Morgan fingerprint density at radius 3 is 2.33 bits per heavy atom. The average Bonchev–Trinajstić information content (AvgIpc) is 2.38. The first-order valence-electron chi connectivity index (χ1n) is 5.26. The summed E-state index contributed by atoms with van der Waals surface area (Å²) in [6.07, 6.45) is 0. The SMILES string of the molecule is Nc1ccc(/N=N/c2cccc(C(=O)O)c2)cc1. The number of hydrogen-bond acceptors (Lipinski definition) is 4. The van der Waals surface area contributed by atoms with E-state index in [0.717, 1.165) is 0 Å². The highest BCUT2D eigenvalue weighted by molar-refractivity contribution is 5.88. The van der Waals surface area contributed by atoms with Crippen LogP contribution in [-0.4, -0.2) is 11.1 Å². The molecule has 2 rings (SSSR count). The third kappa shape index (κ3) is 2.91. The molecule has 0 atom stereocenters. The third-order valence-electron chi connectivity index (χ3n) is 2.27. The Hall–Kier alpha value is -2.69. The molecular formula is C13H11N3O2. The maximum absolute atomic E-state index is 10.8. The molecule has 18 heavy (non-hydrogen) atoms. The van der Waals surface area contributed by atoms with Crippen LogP contribution < -0.4 is 5.73 Å². The summed E-state index contributed by atoms with van der Waals surface area (Å²) in [6.45, 7) is 0. The van der Waals surface area contributed by atoms with E-state index in [1.807, 2.05) is 0 Å². The standard InChI is InChI=1S/C13H11N3O2/c14-10-4-6-11(7-5-10)15-16-12-3-1-2-9(8-12)13(17)18/h1-8H,14H2,(H,17,18)/b16-15+. The number of aromatic carboxylic acids is 1. The summed E-state index contributed by atoms with van der Waals surface area (Å²) in [6, 6.07) is 13.2. The summed E-state index contributed by atoms with van der Waals surface area (Å²) in [5.41, 5.74) is 7.54. The number of nitrogens with two attached hydrogens (primary N) is 1. The molecule has 2 aromatic carbocycles. The minimum Gasteiger partial charge on any atom is -0.478 e. The maximum Gasteiger partial charge on any atom is 0.335 e. The van der Waals surface area contributed by atoms with Crippen molar-refractivity contribution >= 4 is 23.0 Å². The molecule has 0 bridgehead atoms. The van der Waals surface area contributed by atoms with E-state index in [-0.39, 0.29) is 5.56 Å². The monoisotopic (exact) mass is 241 g/mol. The Balaban J connectivity index is 2.20. The van der Waals surface area contributed by atoms with Gasteiger partial charge in [-0.1, -0.05) is 6.07 Å². The smallest absolute Gasteiger partial charge is 0.335 e. The third-order valence-corrected chi connectivity index (χ3v) is 2.27. The molecule has 0 saturated carbocycles. The van der Waals surface area contributed by atoms with Crippen LogP contribution in [0.25, 0.3) is 0 Å². The van der Waals surface area contributed by atoms with Crippen LogP contribution in [0.3, 0.4) is 0 Å². The molecule has 90 valence electrons. The lowest BCUT2D eigenvalue weighted by Crippen LogP contribution is -1.94. The lowest BCUT2D eigenvalue weighted by Gasteiger charge is -1.96. The van der Waals surface area contributed by atoms with Gasteiger partial charge in [0.1, 0.15) is 0 Å². The molecule has 3 N–H and O–H groups in total. The predicted molar refractivity (Wildman–Crippen MR) is 68.4 cm³/mol. The summed E-state index contributed by atoms with van der Waals surface area (Å²) >= 11 is 0. The molecular weight excluding hydrogens is 230 g/mol. The van der Waals surface area contributed by atoms with Crippen molar-refractivity contribution < 1.29 is 9.90 Å². The first-order chi connectivity index (χ1) is 8.65. The molecule has 0 saturated heterocycles. The van der Waals surface area contributed by atoms with Crippen LogP contribution in [0.15, 0.2) is 58.8 Å². The number of anilines is 1. The fourth-order valence-corrected chi connectivity index (χ4v) is 1.36. The lowest BCUT2D eigenvalue weighted by molar-refractivity contribution is 0.0697. The number of nitrogens with zero attached hydrogens (tertiary/aromatic N) is 2. The number of nitrogen functional groups attached to an aromatic ring is 1. The van der Waals surface area contributed by atoms with Crippen LogP contribution in [0.2, 0.25) is 0 Å². The van der Waals surface area contributed by atoms with Crippen molar-refractivity contribution in [3.63, 3.8) is 0 Å². The largest absolute Gasteiger partial charge is 0.478 e. The normalized spacial score (nSPS) is 10.7. The number of carbonyl (C=O) groups is 1. The van der Waals surface area contributed by atoms with Crippen molar-refractivity contribution in [3.05, 3.63) is 54.1 Å². The van der Waals surface area contributed by atoms with Crippen LogP contribution in [0.5, 0.6) is 0 Å². The zero-order chi connectivity index (χ0) is 13.0. The Morgan fingerprint density at radius 1 is 1.00 bits per heavy atom. The van der Waals surface area contributed by atoms with Gasteiger partial charge >= 0.3 is 5.97 Å². The number of rotatable bonds is 3. The van der Waals surface area contributed by atoms with E-state index < -0.39 is 5.97 Å². The number of benzene rings is 2. The Kier molecular flexibility index (Phi) is 3.33. The quantitative estimate of drug-likeness (QED) is 0.637. The fourth-order valence-electron chi connectivity index (χ4n) is 1.36. The van der Waals surface area contributed by atoms with E-state index in [4.69, 9.17) is 10.8 Å². The molecule has 2 aromatic rings. The highest BCUT2D eigenvalue weighted by atomic mass is 16.4. The van der Waals surface area contributed by atoms with Gasteiger partial charge in [-0.25, -0.2) is 4.79 Å². The van der Waals surface area contributed by atoms with Gasteiger partial charge in [0.25, 0.3) is 0 Å². The molecule has 0 spiro atoms.